The Morgan fingerprint density at radius 1 is 1.06 bits per heavy atom. The van der Waals surface area contributed by atoms with Crippen molar-refractivity contribution in [2.75, 3.05) is 57.7 Å². The molecule has 1 saturated heterocycles. The molecule has 1 aromatic carbocycles. The second kappa shape index (κ2) is 10.7. The second-order valence-corrected chi connectivity index (χ2v) is 9.29. The van der Waals surface area contributed by atoms with Gasteiger partial charge in [-0.1, -0.05) is 0 Å². The summed E-state index contributed by atoms with van der Waals surface area (Å²) in [7, 11) is 5.44. The van der Waals surface area contributed by atoms with Gasteiger partial charge in [-0.25, -0.2) is 0 Å². The van der Waals surface area contributed by atoms with Crippen molar-refractivity contribution in [3.8, 4) is 11.5 Å². The monoisotopic (exact) mass is 469 g/mol. The van der Waals surface area contributed by atoms with Crippen LogP contribution in [0.25, 0.3) is 0 Å². The van der Waals surface area contributed by atoms with Gasteiger partial charge in [-0.15, -0.1) is 11.3 Å². The molecule has 0 bridgehead atoms. The summed E-state index contributed by atoms with van der Waals surface area (Å²) in [4.78, 5) is 18.2. The number of thiophene rings is 1. The van der Waals surface area contributed by atoms with Crippen molar-refractivity contribution in [2.45, 2.75) is 19.3 Å². The van der Waals surface area contributed by atoms with Crippen LogP contribution in [0.15, 0.2) is 36.4 Å². The lowest BCUT2D eigenvalue weighted by Crippen LogP contribution is -2.28. The summed E-state index contributed by atoms with van der Waals surface area (Å²) in [6.45, 7) is 4.16. The Labute approximate surface area is 198 Å². The number of carbonyl (C=O) groups is 1. The summed E-state index contributed by atoms with van der Waals surface area (Å²) >= 11 is 1.54. The van der Waals surface area contributed by atoms with E-state index in [4.69, 9.17) is 9.47 Å². The standard InChI is InChI=1S/C24H31N5O3S/c1-28-9-4-10-29(12-11-28)23-8-7-21(33-23)24(30)25-22-15-18(26-27-22)6-5-17-13-19(31-2)16-20(14-17)32-3/h7-8,13-16H,4-6,9-12H2,1-3H3,(H2,25,26,27,30). The third kappa shape index (κ3) is 6.06. The van der Waals surface area contributed by atoms with Gasteiger partial charge in [-0.2, -0.15) is 5.10 Å². The van der Waals surface area contributed by atoms with E-state index in [-0.39, 0.29) is 5.91 Å². The number of aromatic nitrogens is 2. The molecule has 33 heavy (non-hydrogen) atoms. The number of hydrogen-bond donors (Lipinski definition) is 2. The highest BCUT2D eigenvalue weighted by Gasteiger charge is 2.17. The zero-order chi connectivity index (χ0) is 23.2. The summed E-state index contributed by atoms with van der Waals surface area (Å²) < 4.78 is 10.7. The van der Waals surface area contributed by atoms with Crippen molar-refractivity contribution in [1.29, 1.82) is 0 Å². The van der Waals surface area contributed by atoms with E-state index in [0.717, 1.165) is 73.2 Å². The number of aromatic amines is 1. The number of anilines is 2. The number of nitrogens with one attached hydrogen (secondary N) is 2. The molecule has 1 aliphatic heterocycles. The zero-order valence-corrected chi connectivity index (χ0v) is 20.2. The summed E-state index contributed by atoms with van der Waals surface area (Å²) in [6.07, 6.45) is 2.65. The molecular weight excluding hydrogens is 438 g/mol. The lowest BCUT2D eigenvalue weighted by atomic mass is 10.1. The fraction of sp³-hybridized carbons (Fsp3) is 0.417. The molecule has 2 N–H and O–H groups in total. The van der Waals surface area contributed by atoms with Crippen LogP contribution in [0, 0.1) is 0 Å². The number of carbonyl (C=O) groups excluding carboxylic acids is 1. The van der Waals surface area contributed by atoms with Crippen molar-refractivity contribution in [2.24, 2.45) is 0 Å². The van der Waals surface area contributed by atoms with E-state index in [9.17, 15) is 4.79 Å². The lowest BCUT2D eigenvalue weighted by Gasteiger charge is -2.20. The van der Waals surface area contributed by atoms with E-state index >= 15 is 0 Å². The molecule has 176 valence electrons. The van der Waals surface area contributed by atoms with E-state index in [1.54, 1.807) is 14.2 Å². The van der Waals surface area contributed by atoms with Gasteiger partial charge >= 0.3 is 0 Å². The van der Waals surface area contributed by atoms with Crippen molar-refractivity contribution in [3.63, 3.8) is 0 Å². The predicted octanol–water partition coefficient (Wildman–Crippen LogP) is 3.67. The molecule has 3 heterocycles. The predicted molar refractivity (Wildman–Crippen MR) is 132 cm³/mol. The van der Waals surface area contributed by atoms with Gasteiger partial charge in [0, 0.05) is 31.8 Å². The van der Waals surface area contributed by atoms with Gasteiger partial charge in [-0.05, 0) is 62.7 Å². The smallest absolute Gasteiger partial charge is 0.266 e. The van der Waals surface area contributed by atoms with E-state index in [1.165, 1.54) is 11.3 Å². The molecule has 0 spiro atoms. The fourth-order valence-corrected chi connectivity index (χ4v) is 4.86. The molecular formula is C24H31N5O3S. The number of nitrogens with zero attached hydrogens (tertiary/aromatic N) is 3. The van der Waals surface area contributed by atoms with Gasteiger partial charge < -0.3 is 24.6 Å². The van der Waals surface area contributed by atoms with Crippen molar-refractivity contribution < 1.29 is 14.3 Å². The highest BCUT2D eigenvalue weighted by Crippen LogP contribution is 2.28. The topological polar surface area (TPSA) is 82.7 Å². The average Bonchev–Trinajstić information content (AvgIpc) is 3.44. The number of hydrogen-bond acceptors (Lipinski definition) is 7. The Morgan fingerprint density at radius 3 is 2.61 bits per heavy atom. The van der Waals surface area contributed by atoms with Crippen LogP contribution in [0.5, 0.6) is 11.5 Å². The minimum atomic E-state index is -0.120. The van der Waals surface area contributed by atoms with Crippen molar-refractivity contribution in [3.05, 3.63) is 52.5 Å². The first-order valence-corrected chi connectivity index (χ1v) is 12.0. The molecule has 4 rings (SSSR count). The third-order valence-electron chi connectivity index (χ3n) is 5.81. The molecule has 0 radical (unpaired) electrons. The molecule has 9 heteroatoms. The molecule has 1 aliphatic rings. The van der Waals surface area contributed by atoms with Crippen LogP contribution in [0.2, 0.25) is 0 Å². The second-order valence-electron chi connectivity index (χ2n) is 8.23. The Hall–Kier alpha value is -3.04. The maximum absolute atomic E-state index is 12.8. The van der Waals surface area contributed by atoms with Gasteiger partial charge in [0.1, 0.15) is 17.3 Å². The summed E-state index contributed by atoms with van der Waals surface area (Å²) in [6, 6.07) is 11.7. The fourth-order valence-electron chi connectivity index (χ4n) is 3.91. The Morgan fingerprint density at radius 2 is 1.85 bits per heavy atom. The number of methoxy groups -OCH3 is 2. The van der Waals surface area contributed by atoms with Crippen LogP contribution < -0.4 is 19.7 Å². The zero-order valence-electron chi connectivity index (χ0n) is 19.4. The first-order valence-electron chi connectivity index (χ1n) is 11.1. The summed E-state index contributed by atoms with van der Waals surface area (Å²) in [5, 5.41) is 11.4. The van der Waals surface area contributed by atoms with E-state index < -0.39 is 0 Å². The quantitative estimate of drug-likeness (QED) is 0.524. The maximum Gasteiger partial charge on any atom is 0.266 e. The summed E-state index contributed by atoms with van der Waals surface area (Å²) in [5.41, 5.74) is 1.98. The first-order chi connectivity index (χ1) is 16.0. The van der Waals surface area contributed by atoms with Gasteiger partial charge in [0.2, 0.25) is 0 Å². The van der Waals surface area contributed by atoms with Crippen LogP contribution in [0.1, 0.15) is 27.3 Å². The van der Waals surface area contributed by atoms with Gasteiger partial charge in [0.05, 0.1) is 29.8 Å². The van der Waals surface area contributed by atoms with Crippen LogP contribution >= 0.6 is 11.3 Å². The Balaban J connectivity index is 1.33. The Kier molecular flexibility index (Phi) is 7.51. The van der Waals surface area contributed by atoms with Crippen LogP contribution in [0.4, 0.5) is 10.8 Å². The SMILES string of the molecule is COc1cc(CCc2cc(NC(=O)c3ccc(N4CCCN(C)CC4)s3)[nH]n2)cc(OC)c1. The van der Waals surface area contributed by atoms with Gasteiger partial charge in [-0.3, -0.25) is 9.89 Å². The molecule has 1 amide bonds. The minimum Gasteiger partial charge on any atom is -0.497 e. The number of aryl methyl sites for hydroxylation is 2. The highest BCUT2D eigenvalue weighted by molar-refractivity contribution is 7.18. The molecule has 0 aliphatic carbocycles. The first kappa shape index (κ1) is 23.1. The number of ether oxygens (including phenoxy) is 2. The van der Waals surface area contributed by atoms with E-state index in [1.807, 2.05) is 36.4 Å². The third-order valence-corrected chi connectivity index (χ3v) is 6.95. The number of likely N-dealkylation sites (N-methyl/N-ethyl adjacent to an activating group) is 1. The largest absolute Gasteiger partial charge is 0.497 e. The van der Waals surface area contributed by atoms with Gasteiger partial charge in [0.25, 0.3) is 5.91 Å². The molecule has 8 nitrogen and oxygen atoms in total. The summed E-state index contributed by atoms with van der Waals surface area (Å²) in [5.74, 6) is 2.01. The van der Waals surface area contributed by atoms with Crippen LogP contribution in [0.3, 0.4) is 0 Å². The molecule has 2 aromatic heterocycles. The molecule has 3 aromatic rings. The number of H-pyrrole nitrogens is 1. The molecule has 0 saturated carbocycles. The molecule has 0 unspecified atom stereocenters. The molecule has 0 atom stereocenters. The normalized spacial score (nSPS) is 14.7. The average molecular weight is 470 g/mol. The highest BCUT2D eigenvalue weighted by atomic mass is 32.1. The van der Waals surface area contributed by atoms with Crippen molar-refractivity contribution in [1.82, 2.24) is 15.1 Å². The van der Waals surface area contributed by atoms with E-state index in [2.05, 4.69) is 32.4 Å². The minimum absolute atomic E-state index is 0.120. The van der Waals surface area contributed by atoms with Gasteiger partial charge in [0.15, 0.2) is 0 Å². The number of benzene rings is 1. The number of rotatable bonds is 8. The lowest BCUT2D eigenvalue weighted by molar-refractivity contribution is 0.103. The number of amides is 1. The Bertz CT molecular complexity index is 1060. The van der Waals surface area contributed by atoms with Crippen molar-refractivity contribution >= 4 is 28.1 Å². The molecule has 1 fully saturated rings. The maximum atomic E-state index is 12.8. The van der Waals surface area contributed by atoms with E-state index in [0.29, 0.717) is 10.7 Å². The van der Waals surface area contributed by atoms with Crippen LogP contribution in [-0.2, 0) is 12.8 Å². The van der Waals surface area contributed by atoms with Crippen LogP contribution in [-0.4, -0.2) is 68.5 Å².